The maximum absolute atomic E-state index is 11.1. The monoisotopic (exact) mass is 291 g/mol. The average Bonchev–Trinajstić information content (AvgIpc) is 2.45. The second-order valence-corrected chi connectivity index (χ2v) is 5.72. The van der Waals surface area contributed by atoms with Crippen LogP contribution in [0.4, 0.5) is 11.4 Å². The Hall–Kier alpha value is -1.59. The van der Waals surface area contributed by atoms with Gasteiger partial charge in [-0.15, -0.1) is 0 Å². The first kappa shape index (κ1) is 15.8. The minimum absolute atomic E-state index is 0.0599. The molecule has 2 N–H and O–H groups in total. The molecule has 1 atom stereocenters. The molecule has 21 heavy (non-hydrogen) atoms. The second kappa shape index (κ2) is 7.43. The number of ether oxygens (including phenoxy) is 1. The molecule has 1 unspecified atom stereocenters. The standard InChI is InChI=1S/C16H25N3O2/c1-12(2)19-7-8-21-16(11-19)10-17-14-5-4-6-15(9-14)18-13(3)20/h4-6,9,12,16-17H,7-8,10-11H2,1-3H3,(H,18,20). The third kappa shape index (κ3) is 5.02. The van der Waals surface area contributed by atoms with Crippen molar-refractivity contribution in [1.29, 1.82) is 0 Å². The lowest BCUT2D eigenvalue weighted by molar-refractivity contribution is -0.114. The molecule has 0 spiro atoms. The summed E-state index contributed by atoms with van der Waals surface area (Å²) in [6, 6.07) is 8.29. The number of anilines is 2. The van der Waals surface area contributed by atoms with E-state index in [2.05, 4.69) is 29.4 Å². The van der Waals surface area contributed by atoms with Crippen LogP contribution in [0.3, 0.4) is 0 Å². The van der Waals surface area contributed by atoms with Gasteiger partial charge in [-0.2, -0.15) is 0 Å². The molecule has 5 heteroatoms. The third-order valence-electron chi connectivity index (χ3n) is 3.62. The molecule has 1 amide bonds. The van der Waals surface area contributed by atoms with E-state index in [4.69, 9.17) is 4.74 Å². The minimum atomic E-state index is -0.0599. The van der Waals surface area contributed by atoms with E-state index < -0.39 is 0 Å². The van der Waals surface area contributed by atoms with Crippen LogP contribution in [0.15, 0.2) is 24.3 Å². The third-order valence-corrected chi connectivity index (χ3v) is 3.62. The molecule has 0 aromatic heterocycles. The number of amides is 1. The van der Waals surface area contributed by atoms with Crippen molar-refractivity contribution in [2.24, 2.45) is 0 Å². The number of hydrogen-bond acceptors (Lipinski definition) is 4. The van der Waals surface area contributed by atoms with Crippen LogP contribution in [-0.2, 0) is 9.53 Å². The number of benzene rings is 1. The van der Waals surface area contributed by atoms with E-state index in [0.29, 0.717) is 6.04 Å². The molecular weight excluding hydrogens is 266 g/mol. The normalized spacial score (nSPS) is 19.5. The number of nitrogens with one attached hydrogen (secondary N) is 2. The molecule has 116 valence electrons. The lowest BCUT2D eigenvalue weighted by Gasteiger charge is -2.35. The molecule has 1 aromatic carbocycles. The van der Waals surface area contributed by atoms with Crippen molar-refractivity contribution in [1.82, 2.24) is 4.90 Å². The van der Waals surface area contributed by atoms with Crippen LogP contribution in [0.25, 0.3) is 0 Å². The van der Waals surface area contributed by atoms with E-state index in [1.54, 1.807) is 0 Å². The average molecular weight is 291 g/mol. The summed E-state index contributed by atoms with van der Waals surface area (Å²) in [5.41, 5.74) is 1.80. The van der Waals surface area contributed by atoms with Crippen LogP contribution in [0.5, 0.6) is 0 Å². The summed E-state index contributed by atoms with van der Waals surface area (Å²) in [6.07, 6.45) is 0.200. The molecule has 1 aliphatic heterocycles. The zero-order valence-electron chi connectivity index (χ0n) is 13.1. The highest BCUT2D eigenvalue weighted by molar-refractivity contribution is 5.89. The minimum Gasteiger partial charge on any atom is -0.382 e. The predicted molar refractivity (Wildman–Crippen MR) is 85.7 cm³/mol. The smallest absolute Gasteiger partial charge is 0.221 e. The topological polar surface area (TPSA) is 53.6 Å². The van der Waals surface area contributed by atoms with Gasteiger partial charge in [0.1, 0.15) is 0 Å². The van der Waals surface area contributed by atoms with Crippen molar-refractivity contribution in [3.8, 4) is 0 Å². The molecule has 0 bridgehead atoms. The summed E-state index contributed by atoms with van der Waals surface area (Å²) in [5, 5.41) is 6.17. The number of morpholine rings is 1. The number of carbonyl (C=O) groups excluding carboxylic acids is 1. The van der Waals surface area contributed by atoms with Gasteiger partial charge in [0.05, 0.1) is 12.7 Å². The van der Waals surface area contributed by atoms with Gasteiger partial charge >= 0.3 is 0 Å². The molecular formula is C16H25N3O2. The van der Waals surface area contributed by atoms with Crippen LogP contribution in [0.1, 0.15) is 20.8 Å². The molecule has 0 saturated carbocycles. The fourth-order valence-electron chi connectivity index (χ4n) is 2.48. The quantitative estimate of drug-likeness (QED) is 0.873. The van der Waals surface area contributed by atoms with Crippen molar-refractivity contribution < 1.29 is 9.53 Å². The van der Waals surface area contributed by atoms with Gasteiger partial charge in [-0.1, -0.05) is 6.07 Å². The van der Waals surface area contributed by atoms with Crippen LogP contribution in [0, 0.1) is 0 Å². The van der Waals surface area contributed by atoms with E-state index >= 15 is 0 Å². The lowest BCUT2D eigenvalue weighted by Crippen LogP contribution is -2.48. The van der Waals surface area contributed by atoms with Gasteiger partial charge < -0.3 is 15.4 Å². The van der Waals surface area contributed by atoms with E-state index in [-0.39, 0.29) is 12.0 Å². The van der Waals surface area contributed by atoms with Crippen molar-refractivity contribution in [3.05, 3.63) is 24.3 Å². The van der Waals surface area contributed by atoms with Crippen molar-refractivity contribution in [3.63, 3.8) is 0 Å². The fraction of sp³-hybridized carbons (Fsp3) is 0.562. The Morgan fingerprint density at radius 1 is 1.43 bits per heavy atom. The molecule has 1 saturated heterocycles. The molecule has 0 aliphatic carbocycles. The summed E-state index contributed by atoms with van der Waals surface area (Å²) in [5.74, 6) is -0.0599. The predicted octanol–water partition coefficient (Wildman–Crippen LogP) is 2.17. The lowest BCUT2D eigenvalue weighted by atomic mass is 10.2. The largest absolute Gasteiger partial charge is 0.382 e. The second-order valence-electron chi connectivity index (χ2n) is 5.72. The summed E-state index contributed by atoms with van der Waals surface area (Å²) in [7, 11) is 0. The van der Waals surface area contributed by atoms with Gasteiger partial charge in [0.25, 0.3) is 0 Å². The summed E-state index contributed by atoms with van der Waals surface area (Å²) >= 11 is 0. The summed E-state index contributed by atoms with van der Waals surface area (Å²) in [6.45, 7) is 9.46. The maximum atomic E-state index is 11.1. The molecule has 1 heterocycles. The molecule has 0 radical (unpaired) electrons. The van der Waals surface area contributed by atoms with E-state index in [9.17, 15) is 4.79 Å². The Bertz CT molecular complexity index is 476. The Balaban J connectivity index is 1.86. The van der Waals surface area contributed by atoms with Gasteiger partial charge in [0.15, 0.2) is 0 Å². The number of rotatable bonds is 5. The first-order chi connectivity index (χ1) is 10.0. The highest BCUT2D eigenvalue weighted by Gasteiger charge is 2.21. The Morgan fingerprint density at radius 2 is 2.19 bits per heavy atom. The van der Waals surface area contributed by atoms with Gasteiger partial charge in [0.2, 0.25) is 5.91 Å². The van der Waals surface area contributed by atoms with Crippen molar-refractivity contribution in [2.75, 3.05) is 36.9 Å². The Morgan fingerprint density at radius 3 is 2.90 bits per heavy atom. The first-order valence-electron chi connectivity index (χ1n) is 7.52. The maximum Gasteiger partial charge on any atom is 0.221 e. The molecule has 1 aromatic rings. The van der Waals surface area contributed by atoms with E-state index in [0.717, 1.165) is 37.6 Å². The Kier molecular flexibility index (Phi) is 5.59. The van der Waals surface area contributed by atoms with Crippen LogP contribution in [0.2, 0.25) is 0 Å². The molecule has 1 aliphatic rings. The zero-order chi connectivity index (χ0) is 15.2. The highest BCUT2D eigenvalue weighted by atomic mass is 16.5. The van der Waals surface area contributed by atoms with Crippen LogP contribution < -0.4 is 10.6 Å². The number of hydrogen-bond donors (Lipinski definition) is 2. The van der Waals surface area contributed by atoms with Gasteiger partial charge in [-0.3, -0.25) is 9.69 Å². The van der Waals surface area contributed by atoms with Crippen molar-refractivity contribution >= 4 is 17.3 Å². The van der Waals surface area contributed by atoms with Gasteiger partial charge in [0, 0.05) is 44.0 Å². The van der Waals surface area contributed by atoms with Gasteiger partial charge in [-0.25, -0.2) is 0 Å². The number of nitrogens with zero attached hydrogens (tertiary/aromatic N) is 1. The van der Waals surface area contributed by atoms with E-state index in [1.807, 2.05) is 24.3 Å². The summed E-state index contributed by atoms with van der Waals surface area (Å²) < 4.78 is 5.80. The molecule has 1 fully saturated rings. The first-order valence-corrected chi connectivity index (χ1v) is 7.52. The van der Waals surface area contributed by atoms with Crippen LogP contribution in [-0.4, -0.2) is 49.2 Å². The van der Waals surface area contributed by atoms with E-state index in [1.165, 1.54) is 6.92 Å². The van der Waals surface area contributed by atoms with Gasteiger partial charge in [-0.05, 0) is 32.0 Å². The molecule has 2 rings (SSSR count). The zero-order valence-corrected chi connectivity index (χ0v) is 13.1. The SMILES string of the molecule is CC(=O)Nc1cccc(NCC2CN(C(C)C)CCO2)c1. The van der Waals surface area contributed by atoms with Crippen molar-refractivity contribution in [2.45, 2.75) is 32.9 Å². The summed E-state index contributed by atoms with van der Waals surface area (Å²) in [4.78, 5) is 13.5. The highest BCUT2D eigenvalue weighted by Crippen LogP contribution is 2.16. The molecule has 5 nitrogen and oxygen atoms in total. The Labute approximate surface area is 126 Å². The number of carbonyl (C=O) groups is 1. The fourth-order valence-corrected chi connectivity index (χ4v) is 2.48. The van der Waals surface area contributed by atoms with Crippen LogP contribution >= 0.6 is 0 Å².